The van der Waals surface area contributed by atoms with Gasteiger partial charge in [-0.15, -0.1) is 0 Å². The molecule has 0 bridgehead atoms. The highest BCUT2D eigenvalue weighted by molar-refractivity contribution is 6.04. The molecule has 0 saturated heterocycles. The van der Waals surface area contributed by atoms with Gasteiger partial charge in [-0.25, -0.2) is 15.0 Å². The normalized spacial score (nSPS) is 13.1. The minimum atomic E-state index is -3.06. The summed E-state index contributed by atoms with van der Waals surface area (Å²) in [5, 5.41) is 4.10. The number of hydrogen-bond acceptors (Lipinski definition) is 3. The van der Waals surface area contributed by atoms with E-state index in [0.29, 0.717) is 28.6 Å². The molecule has 222 valence electrons. The molecule has 0 radical (unpaired) electrons. The van der Waals surface area contributed by atoms with Crippen LogP contribution in [0.15, 0.2) is 152 Å². The summed E-state index contributed by atoms with van der Waals surface area (Å²) in [6.45, 7) is 0. The molecule has 47 heavy (non-hydrogen) atoms. The number of halogens is 2. The summed E-state index contributed by atoms with van der Waals surface area (Å²) < 4.78 is 31.3. The zero-order valence-corrected chi connectivity index (χ0v) is 25.0. The largest absolute Gasteiger partial charge is 0.299 e. The molecular formula is C42H25F2N3. The van der Waals surface area contributed by atoms with Crippen LogP contribution in [-0.4, -0.2) is 15.0 Å². The quantitative estimate of drug-likeness (QED) is 0.199. The minimum Gasteiger partial charge on any atom is -0.208 e. The lowest BCUT2D eigenvalue weighted by molar-refractivity contribution is 0.0480. The molecule has 0 unspecified atom stereocenters. The van der Waals surface area contributed by atoms with Crippen LogP contribution >= 0.6 is 0 Å². The number of fused-ring (bicyclic) bond motifs is 5. The van der Waals surface area contributed by atoms with E-state index < -0.39 is 5.92 Å². The topological polar surface area (TPSA) is 38.7 Å². The predicted octanol–water partition coefficient (Wildman–Crippen LogP) is 11.0. The van der Waals surface area contributed by atoms with Gasteiger partial charge in [0.25, 0.3) is 5.92 Å². The van der Waals surface area contributed by atoms with E-state index >= 15 is 8.78 Å². The van der Waals surface area contributed by atoms with Crippen molar-refractivity contribution in [2.75, 3.05) is 0 Å². The summed E-state index contributed by atoms with van der Waals surface area (Å²) in [7, 11) is 0. The van der Waals surface area contributed by atoms with E-state index in [2.05, 4.69) is 24.3 Å². The van der Waals surface area contributed by atoms with Crippen LogP contribution < -0.4 is 0 Å². The van der Waals surface area contributed by atoms with Crippen LogP contribution in [0.5, 0.6) is 0 Å². The Morgan fingerprint density at radius 2 is 0.936 bits per heavy atom. The number of hydrogen-bond donors (Lipinski definition) is 0. The Morgan fingerprint density at radius 1 is 0.362 bits per heavy atom. The second kappa shape index (κ2) is 10.5. The van der Waals surface area contributed by atoms with E-state index in [9.17, 15) is 0 Å². The van der Waals surface area contributed by atoms with Gasteiger partial charge in [0.2, 0.25) is 0 Å². The van der Waals surface area contributed by atoms with Gasteiger partial charge in [0.1, 0.15) is 0 Å². The summed E-state index contributed by atoms with van der Waals surface area (Å²) >= 11 is 0. The van der Waals surface area contributed by atoms with E-state index in [1.54, 1.807) is 24.3 Å². The van der Waals surface area contributed by atoms with Gasteiger partial charge >= 0.3 is 0 Å². The van der Waals surface area contributed by atoms with Gasteiger partial charge in [-0.1, -0.05) is 133 Å². The lowest BCUT2D eigenvalue weighted by Gasteiger charge is -2.15. The molecule has 0 saturated carbocycles. The molecule has 1 aliphatic rings. The van der Waals surface area contributed by atoms with Gasteiger partial charge in [0, 0.05) is 27.8 Å². The molecule has 0 spiro atoms. The number of nitrogens with zero attached hydrogens (tertiary/aromatic N) is 3. The van der Waals surface area contributed by atoms with Crippen molar-refractivity contribution in [2.45, 2.75) is 5.92 Å². The summed E-state index contributed by atoms with van der Waals surface area (Å²) in [5.41, 5.74) is 5.48. The molecule has 7 aromatic carbocycles. The molecule has 3 nitrogen and oxygen atoms in total. The summed E-state index contributed by atoms with van der Waals surface area (Å²) in [4.78, 5) is 14.9. The highest BCUT2D eigenvalue weighted by Crippen LogP contribution is 2.52. The Hall–Kier alpha value is -6.07. The smallest absolute Gasteiger partial charge is 0.208 e. The first-order chi connectivity index (χ1) is 23.0. The highest BCUT2D eigenvalue weighted by Gasteiger charge is 2.44. The van der Waals surface area contributed by atoms with Crippen molar-refractivity contribution in [2.24, 2.45) is 0 Å². The SMILES string of the molecule is FC1(F)c2ccccc2-c2ccc(-c3ccc(-c4nc(-c5ccccc5)nc(-c5ccc6ccccc6c5)n4)c4ccccc34)cc21. The maximum atomic E-state index is 15.6. The standard InChI is InChI=1S/C42H25F2N3/c43-42(44)37-17-9-8-16-34(37)35-21-20-29(25-38(35)42)31-22-23-36(33-15-7-6-14-32(31)33)41-46-39(27-11-2-1-3-12-27)45-40(47-41)30-19-18-26-10-4-5-13-28(26)24-30/h1-25H. The Morgan fingerprint density at radius 3 is 1.77 bits per heavy atom. The third-order valence-electron chi connectivity index (χ3n) is 9.06. The summed E-state index contributed by atoms with van der Waals surface area (Å²) in [6, 6.07) is 48.5. The van der Waals surface area contributed by atoms with Crippen molar-refractivity contribution in [3.8, 4) is 56.4 Å². The third kappa shape index (κ3) is 4.43. The Bertz CT molecular complexity index is 2510. The molecule has 0 aliphatic heterocycles. The fourth-order valence-electron chi connectivity index (χ4n) is 6.76. The highest BCUT2D eigenvalue weighted by atomic mass is 19.3. The van der Waals surface area contributed by atoms with Crippen LogP contribution in [0, 0.1) is 0 Å². The molecule has 1 aliphatic carbocycles. The van der Waals surface area contributed by atoms with Gasteiger partial charge in [-0.2, -0.15) is 8.78 Å². The lowest BCUT2D eigenvalue weighted by atomic mass is 9.92. The van der Waals surface area contributed by atoms with Gasteiger partial charge in [0.15, 0.2) is 17.5 Å². The molecule has 0 amide bonds. The number of alkyl halides is 2. The fourth-order valence-corrected chi connectivity index (χ4v) is 6.76. The van der Waals surface area contributed by atoms with E-state index in [1.807, 2.05) is 97.1 Å². The van der Waals surface area contributed by atoms with Crippen LogP contribution in [-0.2, 0) is 5.92 Å². The second-order valence-electron chi connectivity index (χ2n) is 11.8. The van der Waals surface area contributed by atoms with Crippen LogP contribution in [0.2, 0.25) is 0 Å². The Kier molecular flexibility index (Phi) is 6.09. The van der Waals surface area contributed by atoms with Crippen molar-refractivity contribution in [1.82, 2.24) is 15.0 Å². The van der Waals surface area contributed by atoms with Crippen molar-refractivity contribution in [1.29, 1.82) is 0 Å². The van der Waals surface area contributed by atoms with Gasteiger partial charge in [0.05, 0.1) is 0 Å². The van der Waals surface area contributed by atoms with E-state index in [4.69, 9.17) is 15.0 Å². The first kappa shape index (κ1) is 27.3. The van der Waals surface area contributed by atoms with Gasteiger partial charge in [-0.05, 0) is 62.0 Å². The van der Waals surface area contributed by atoms with Crippen molar-refractivity contribution >= 4 is 21.5 Å². The molecule has 1 aromatic heterocycles. The maximum Gasteiger partial charge on any atom is 0.299 e. The van der Waals surface area contributed by atoms with Crippen LogP contribution in [0.3, 0.4) is 0 Å². The van der Waals surface area contributed by atoms with Crippen LogP contribution in [0.4, 0.5) is 8.78 Å². The first-order valence-electron chi connectivity index (χ1n) is 15.5. The van der Waals surface area contributed by atoms with Crippen molar-refractivity contribution in [3.63, 3.8) is 0 Å². The Labute approximate surface area is 269 Å². The van der Waals surface area contributed by atoms with Crippen molar-refractivity contribution in [3.05, 3.63) is 163 Å². The molecular weight excluding hydrogens is 584 g/mol. The molecule has 5 heteroatoms. The zero-order chi connectivity index (χ0) is 31.5. The average Bonchev–Trinajstić information content (AvgIpc) is 3.36. The minimum absolute atomic E-state index is 0.0364. The number of rotatable bonds is 4. The fraction of sp³-hybridized carbons (Fsp3) is 0.0238. The molecule has 0 N–H and O–H groups in total. The molecule has 8 aromatic rings. The van der Waals surface area contributed by atoms with Crippen LogP contribution in [0.1, 0.15) is 11.1 Å². The Balaban J connectivity index is 1.22. The monoisotopic (exact) mass is 609 g/mol. The summed E-state index contributed by atoms with van der Waals surface area (Å²) in [5.74, 6) is -1.36. The molecule has 1 heterocycles. The third-order valence-corrected chi connectivity index (χ3v) is 9.06. The first-order valence-corrected chi connectivity index (χ1v) is 15.5. The predicted molar refractivity (Wildman–Crippen MR) is 185 cm³/mol. The van der Waals surface area contributed by atoms with E-state index in [0.717, 1.165) is 49.4 Å². The van der Waals surface area contributed by atoms with Gasteiger partial charge < -0.3 is 0 Å². The molecule has 0 fully saturated rings. The van der Waals surface area contributed by atoms with E-state index in [1.165, 1.54) is 6.07 Å². The molecule has 9 rings (SSSR count). The van der Waals surface area contributed by atoms with Crippen LogP contribution in [0.25, 0.3) is 78.0 Å². The van der Waals surface area contributed by atoms with Crippen molar-refractivity contribution < 1.29 is 8.78 Å². The second-order valence-corrected chi connectivity index (χ2v) is 11.8. The summed E-state index contributed by atoms with van der Waals surface area (Å²) in [6.07, 6.45) is 0. The number of benzene rings is 7. The zero-order valence-electron chi connectivity index (χ0n) is 25.0. The number of aromatic nitrogens is 3. The average molecular weight is 610 g/mol. The van der Waals surface area contributed by atoms with Gasteiger partial charge in [-0.3, -0.25) is 0 Å². The lowest BCUT2D eigenvalue weighted by Crippen LogP contribution is -2.10. The molecule has 0 atom stereocenters. The maximum absolute atomic E-state index is 15.6. The van der Waals surface area contributed by atoms with E-state index in [-0.39, 0.29) is 11.1 Å².